The molecule has 2 N–H and O–H groups in total. The Labute approximate surface area is 115 Å². The lowest BCUT2D eigenvalue weighted by molar-refractivity contribution is 0.243. The first-order valence-electron chi connectivity index (χ1n) is 6.50. The molecule has 0 heterocycles. The molecule has 0 radical (unpaired) electrons. The van der Waals surface area contributed by atoms with E-state index in [1.807, 2.05) is 39.0 Å². The van der Waals surface area contributed by atoms with Crippen molar-refractivity contribution in [3.05, 3.63) is 23.8 Å². The molecule has 0 fully saturated rings. The molecule has 1 aromatic rings. The minimum Gasteiger partial charge on any atom is -0.495 e. The summed E-state index contributed by atoms with van der Waals surface area (Å²) < 4.78 is 5.27. The van der Waals surface area contributed by atoms with Crippen LogP contribution >= 0.6 is 0 Å². The number of ether oxygens (including phenoxy) is 1. The van der Waals surface area contributed by atoms with Gasteiger partial charge in [0.15, 0.2) is 0 Å². The summed E-state index contributed by atoms with van der Waals surface area (Å²) >= 11 is 0. The van der Waals surface area contributed by atoms with Crippen LogP contribution in [-0.4, -0.2) is 18.7 Å². The number of hydrogen-bond donors (Lipinski definition) is 2. The van der Waals surface area contributed by atoms with Crippen molar-refractivity contribution in [2.45, 2.75) is 46.1 Å². The monoisotopic (exact) mass is 264 g/mol. The Bertz CT molecular complexity index is 448. The van der Waals surface area contributed by atoms with Gasteiger partial charge in [-0.3, -0.25) is 0 Å². The minimum atomic E-state index is -0.271. The summed E-state index contributed by atoms with van der Waals surface area (Å²) in [5.74, 6) is 1.06. The molecule has 0 aromatic heterocycles. The van der Waals surface area contributed by atoms with Gasteiger partial charge in [0.1, 0.15) is 5.75 Å². The zero-order chi connectivity index (χ0) is 14.6. The van der Waals surface area contributed by atoms with E-state index in [2.05, 4.69) is 24.5 Å². The van der Waals surface area contributed by atoms with E-state index in [4.69, 9.17) is 4.74 Å². The van der Waals surface area contributed by atoms with Crippen LogP contribution in [0.3, 0.4) is 0 Å². The van der Waals surface area contributed by atoms with E-state index < -0.39 is 0 Å². The van der Waals surface area contributed by atoms with E-state index in [-0.39, 0.29) is 11.6 Å². The van der Waals surface area contributed by atoms with Crippen LogP contribution < -0.4 is 15.4 Å². The van der Waals surface area contributed by atoms with Crippen LogP contribution in [0, 0.1) is 0 Å². The zero-order valence-electron chi connectivity index (χ0n) is 12.6. The highest BCUT2D eigenvalue weighted by atomic mass is 16.5. The van der Waals surface area contributed by atoms with Gasteiger partial charge in [0.2, 0.25) is 0 Å². The van der Waals surface area contributed by atoms with Crippen molar-refractivity contribution in [2.75, 3.05) is 12.4 Å². The fourth-order valence-electron chi connectivity index (χ4n) is 1.68. The average Bonchev–Trinajstić information content (AvgIpc) is 2.26. The van der Waals surface area contributed by atoms with Gasteiger partial charge in [-0.15, -0.1) is 0 Å². The number of methoxy groups -OCH3 is 1. The molecule has 0 saturated heterocycles. The second kappa shape index (κ2) is 5.95. The van der Waals surface area contributed by atoms with Crippen LogP contribution in [0.5, 0.6) is 5.75 Å². The number of urea groups is 1. The van der Waals surface area contributed by atoms with Crippen molar-refractivity contribution >= 4 is 11.7 Å². The maximum Gasteiger partial charge on any atom is 0.319 e. The highest BCUT2D eigenvalue weighted by Crippen LogP contribution is 2.28. The maximum atomic E-state index is 11.9. The Morgan fingerprint density at radius 3 is 2.37 bits per heavy atom. The standard InChI is InChI=1S/C15H24N2O2/c1-10(2)11-7-8-13(19-6)12(9-11)16-14(18)17-15(3,4)5/h7-10H,1-6H3,(H2,16,17,18). The van der Waals surface area contributed by atoms with Gasteiger partial charge in [-0.05, 0) is 44.4 Å². The molecular formula is C15H24N2O2. The molecule has 1 rings (SSSR count). The zero-order valence-corrected chi connectivity index (χ0v) is 12.6. The molecule has 0 atom stereocenters. The second-order valence-electron chi connectivity index (χ2n) is 5.94. The van der Waals surface area contributed by atoms with Gasteiger partial charge < -0.3 is 15.4 Å². The van der Waals surface area contributed by atoms with Gasteiger partial charge in [0.05, 0.1) is 12.8 Å². The lowest BCUT2D eigenvalue weighted by Gasteiger charge is -2.21. The van der Waals surface area contributed by atoms with Gasteiger partial charge in [0, 0.05) is 5.54 Å². The predicted octanol–water partition coefficient (Wildman–Crippen LogP) is 3.74. The van der Waals surface area contributed by atoms with Crippen LogP contribution in [0.1, 0.15) is 46.1 Å². The van der Waals surface area contributed by atoms with Gasteiger partial charge in [-0.2, -0.15) is 0 Å². The number of nitrogens with one attached hydrogen (secondary N) is 2. The summed E-state index contributed by atoms with van der Waals surface area (Å²) in [6, 6.07) is 5.61. The average molecular weight is 264 g/mol. The van der Waals surface area contributed by atoms with E-state index in [0.29, 0.717) is 17.4 Å². The Morgan fingerprint density at radius 1 is 1.26 bits per heavy atom. The fourth-order valence-corrected chi connectivity index (χ4v) is 1.68. The SMILES string of the molecule is COc1ccc(C(C)C)cc1NC(=O)NC(C)(C)C. The van der Waals surface area contributed by atoms with Crippen LogP contribution in [0.2, 0.25) is 0 Å². The third-order valence-corrected chi connectivity index (χ3v) is 2.63. The summed E-state index contributed by atoms with van der Waals surface area (Å²) in [7, 11) is 1.59. The van der Waals surface area contributed by atoms with Crippen molar-refractivity contribution in [2.24, 2.45) is 0 Å². The lowest BCUT2D eigenvalue weighted by atomic mass is 10.0. The van der Waals surface area contributed by atoms with Crippen LogP contribution in [0.15, 0.2) is 18.2 Å². The van der Waals surface area contributed by atoms with E-state index in [9.17, 15) is 4.79 Å². The fraction of sp³-hybridized carbons (Fsp3) is 0.533. The largest absolute Gasteiger partial charge is 0.495 e. The first kappa shape index (κ1) is 15.3. The first-order chi connectivity index (χ1) is 8.73. The Kier molecular flexibility index (Phi) is 4.81. The van der Waals surface area contributed by atoms with E-state index in [0.717, 1.165) is 5.56 Å². The molecule has 0 aliphatic carbocycles. The quantitative estimate of drug-likeness (QED) is 0.873. The van der Waals surface area contributed by atoms with E-state index >= 15 is 0 Å². The molecule has 4 nitrogen and oxygen atoms in total. The lowest BCUT2D eigenvalue weighted by Crippen LogP contribution is -2.43. The summed E-state index contributed by atoms with van der Waals surface area (Å²) in [5.41, 5.74) is 1.58. The normalized spacial score (nSPS) is 11.3. The number of benzene rings is 1. The number of hydrogen-bond acceptors (Lipinski definition) is 2. The second-order valence-corrected chi connectivity index (χ2v) is 5.94. The van der Waals surface area contributed by atoms with Crippen molar-refractivity contribution in [1.29, 1.82) is 0 Å². The van der Waals surface area contributed by atoms with Gasteiger partial charge in [-0.25, -0.2) is 4.79 Å². The molecule has 0 spiro atoms. The maximum absolute atomic E-state index is 11.9. The van der Waals surface area contributed by atoms with Crippen LogP contribution in [-0.2, 0) is 0 Å². The summed E-state index contributed by atoms with van der Waals surface area (Å²) in [6.07, 6.45) is 0. The molecule has 0 unspecified atom stereocenters. The third-order valence-electron chi connectivity index (χ3n) is 2.63. The van der Waals surface area contributed by atoms with Crippen molar-refractivity contribution < 1.29 is 9.53 Å². The van der Waals surface area contributed by atoms with Crippen LogP contribution in [0.25, 0.3) is 0 Å². The van der Waals surface area contributed by atoms with E-state index in [1.165, 1.54) is 0 Å². The molecule has 0 saturated carbocycles. The van der Waals surface area contributed by atoms with Gasteiger partial charge in [0.25, 0.3) is 0 Å². The smallest absolute Gasteiger partial charge is 0.319 e. The highest BCUT2D eigenvalue weighted by Gasteiger charge is 2.15. The van der Waals surface area contributed by atoms with Crippen molar-refractivity contribution in [3.8, 4) is 5.75 Å². The molecule has 0 aliphatic heterocycles. The highest BCUT2D eigenvalue weighted by molar-refractivity contribution is 5.91. The molecule has 0 aliphatic rings. The Morgan fingerprint density at radius 2 is 1.89 bits per heavy atom. The predicted molar refractivity (Wildman–Crippen MR) is 79.0 cm³/mol. The topological polar surface area (TPSA) is 50.4 Å². The number of carbonyl (C=O) groups excluding carboxylic acids is 1. The molecule has 106 valence electrons. The molecule has 19 heavy (non-hydrogen) atoms. The van der Waals surface area contributed by atoms with E-state index in [1.54, 1.807) is 7.11 Å². The van der Waals surface area contributed by atoms with Gasteiger partial charge in [-0.1, -0.05) is 19.9 Å². The number of rotatable bonds is 3. The Hall–Kier alpha value is -1.71. The summed E-state index contributed by atoms with van der Waals surface area (Å²) in [5, 5.41) is 5.70. The summed E-state index contributed by atoms with van der Waals surface area (Å²) in [4.78, 5) is 11.9. The Balaban J connectivity index is 2.92. The third kappa shape index (κ3) is 4.81. The van der Waals surface area contributed by atoms with Gasteiger partial charge >= 0.3 is 6.03 Å². The molecule has 1 aromatic carbocycles. The van der Waals surface area contributed by atoms with Crippen molar-refractivity contribution in [1.82, 2.24) is 5.32 Å². The first-order valence-corrected chi connectivity index (χ1v) is 6.50. The van der Waals surface area contributed by atoms with Crippen molar-refractivity contribution in [3.63, 3.8) is 0 Å². The molecule has 0 bridgehead atoms. The summed E-state index contributed by atoms with van der Waals surface area (Å²) in [6.45, 7) is 10.0. The number of anilines is 1. The van der Waals surface area contributed by atoms with Crippen LogP contribution in [0.4, 0.5) is 10.5 Å². The number of carbonyl (C=O) groups is 1. The molecule has 4 heteroatoms. The number of amides is 2. The molecule has 2 amide bonds. The molecular weight excluding hydrogens is 240 g/mol. The minimum absolute atomic E-state index is 0.230.